The van der Waals surface area contributed by atoms with Crippen LogP contribution in [0.1, 0.15) is 0 Å². The largest absolute Gasteiger partial charge is 0.384 e. The van der Waals surface area contributed by atoms with Crippen LogP contribution in [0.25, 0.3) is 0 Å². The average Bonchev–Trinajstić information content (AvgIpc) is 1.61. The summed E-state index contributed by atoms with van der Waals surface area (Å²) in [5, 5.41) is 6.65. The first-order chi connectivity index (χ1) is 3.27. The summed E-state index contributed by atoms with van der Waals surface area (Å²) in [5.74, 6) is 0.716. The molecule has 0 bridgehead atoms. The number of thiol groups is 1. The summed E-state index contributed by atoms with van der Waals surface area (Å²) in [7, 11) is 0. The molecule has 0 aliphatic heterocycles. The maximum atomic E-state index is 6.65. The van der Waals surface area contributed by atoms with Crippen LogP contribution in [-0.4, -0.2) is 11.6 Å². The molecule has 0 radical (unpaired) electrons. The zero-order valence-corrected chi connectivity index (χ0v) is 4.78. The molecule has 0 rings (SSSR count). The van der Waals surface area contributed by atoms with Gasteiger partial charge in [0.15, 0.2) is 0 Å². The number of nitrogens with one attached hydrogen (secondary N) is 1. The average molecular weight is 116 g/mol. The highest BCUT2D eigenvalue weighted by molar-refractivity contribution is 7.80. The van der Waals surface area contributed by atoms with E-state index in [2.05, 4.69) is 12.6 Å². The summed E-state index contributed by atoms with van der Waals surface area (Å²) in [6.07, 6.45) is 3.22. The van der Waals surface area contributed by atoms with Gasteiger partial charge in [0.2, 0.25) is 0 Å². The van der Waals surface area contributed by atoms with E-state index in [1.807, 2.05) is 0 Å². The molecule has 40 valence electrons. The van der Waals surface area contributed by atoms with E-state index in [4.69, 9.17) is 11.1 Å². The van der Waals surface area contributed by atoms with Crippen molar-refractivity contribution in [3.63, 3.8) is 0 Å². The molecule has 0 aliphatic rings. The molecule has 0 atom stereocenters. The van der Waals surface area contributed by atoms with E-state index in [1.54, 1.807) is 6.08 Å². The summed E-state index contributed by atoms with van der Waals surface area (Å²) >= 11 is 3.86. The monoisotopic (exact) mass is 116 g/mol. The fourth-order valence-electron chi connectivity index (χ4n) is 0.180. The van der Waals surface area contributed by atoms with Gasteiger partial charge >= 0.3 is 0 Å². The van der Waals surface area contributed by atoms with Gasteiger partial charge in [-0.1, -0.05) is 6.08 Å². The lowest BCUT2D eigenvalue weighted by molar-refractivity contribution is 1.46. The highest BCUT2D eigenvalue weighted by Crippen LogP contribution is 1.74. The molecule has 7 heavy (non-hydrogen) atoms. The minimum absolute atomic E-state index is 0.0778. The van der Waals surface area contributed by atoms with Gasteiger partial charge in [0, 0.05) is 5.75 Å². The summed E-state index contributed by atoms with van der Waals surface area (Å²) in [6, 6.07) is 0. The first-order valence-corrected chi connectivity index (χ1v) is 2.52. The Hall–Kier alpha value is -0.440. The van der Waals surface area contributed by atoms with E-state index in [9.17, 15) is 0 Å². The zero-order valence-electron chi connectivity index (χ0n) is 3.89. The van der Waals surface area contributed by atoms with E-state index in [0.29, 0.717) is 5.75 Å². The highest BCUT2D eigenvalue weighted by atomic mass is 32.1. The third-order valence-corrected chi connectivity index (χ3v) is 0.614. The Balaban J connectivity index is 3.26. The van der Waals surface area contributed by atoms with Crippen molar-refractivity contribution in [2.75, 3.05) is 5.75 Å². The standard InChI is InChI=1S/C4H8N2S/c5-4(6)2-1-3-7/h1-2,7H,3H2,(H3,5,6)/b2-1+. The predicted octanol–water partition coefficient (Wildman–Crippen LogP) is 0.408. The number of amidine groups is 1. The molecule has 0 amide bonds. The maximum absolute atomic E-state index is 6.65. The van der Waals surface area contributed by atoms with Crippen LogP contribution in [0, 0.1) is 5.41 Å². The molecule has 3 N–H and O–H groups in total. The van der Waals surface area contributed by atoms with Crippen LogP contribution in [0.4, 0.5) is 0 Å². The van der Waals surface area contributed by atoms with Crippen molar-refractivity contribution < 1.29 is 0 Å². The van der Waals surface area contributed by atoms with Crippen molar-refractivity contribution in [3.8, 4) is 0 Å². The zero-order chi connectivity index (χ0) is 5.70. The SMILES string of the molecule is N=C(N)/C=C/CS. The van der Waals surface area contributed by atoms with Gasteiger partial charge in [-0.15, -0.1) is 0 Å². The lowest BCUT2D eigenvalue weighted by atomic mass is 10.5. The summed E-state index contributed by atoms with van der Waals surface area (Å²) in [5.41, 5.74) is 4.94. The van der Waals surface area contributed by atoms with Crippen LogP contribution < -0.4 is 5.73 Å². The van der Waals surface area contributed by atoms with Gasteiger partial charge in [-0.3, -0.25) is 5.41 Å². The molecule has 0 aliphatic carbocycles. The maximum Gasteiger partial charge on any atom is 0.115 e. The molecule has 0 aromatic heterocycles. The Morgan fingerprint density at radius 1 is 1.86 bits per heavy atom. The Labute approximate surface area is 48.3 Å². The van der Waals surface area contributed by atoms with Crippen molar-refractivity contribution in [2.45, 2.75) is 0 Å². The first-order valence-electron chi connectivity index (χ1n) is 1.89. The first kappa shape index (κ1) is 6.56. The number of nitrogens with two attached hydrogens (primary N) is 1. The number of hydrogen-bond acceptors (Lipinski definition) is 2. The van der Waals surface area contributed by atoms with Gasteiger partial charge in [0.25, 0.3) is 0 Å². The molecule has 0 heterocycles. The molecule has 2 nitrogen and oxygen atoms in total. The van der Waals surface area contributed by atoms with E-state index in [-0.39, 0.29) is 5.84 Å². The van der Waals surface area contributed by atoms with E-state index < -0.39 is 0 Å². The number of rotatable bonds is 2. The lowest BCUT2D eigenvalue weighted by Crippen LogP contribution is -2.03. The summed E-state index contributed by atoms with van der Waals surface area (Å²) < 4.78 is 0. The number of hydrogen-bond donors (Lipinski definition) is 3. The van der Waals surface area contributed by atoms with Gasteiger partial charge < -0.3 is 5.73 Å². The van der Waals surface area contributed by atoms with Gasteiger partial charge in [-0.25, -0.2) is 0 Å². The predicted molar refractivity (Wildman–Crippen MR) is 34.9 cm³/mol. The van der Waals surface area contributed by atoms with E-state index >= 15 is 0 Å². The minimum Gasteiger partial charge on any atom is -0.384 e. The van der Waals surface area contributed by atoms with Crippen LogP contribution in [0.15, 0.2) is 12.2 Å². The quantitative estimate of drug-likeness (QED) is 0.273. The fraction of sp³-hybridized carbons (Fsp3) is 0.250. The molecule has 0 fully saturated rings. The summed E-state index contributed by atoms with van der Waals surface area (Å²) in [6.45, 7) is 0. The smallest absolute Gasteiger partial charge is 0.115 e. The van der Waals surface area contributed by atoms with Crippen LogP contribution >= 0.6 is 12.6 Å². The van der Waals surface area contributed by atoms with Gasteiger partial charge in [-0.05, 0) is 6.08 Å². The third kappa shape index (κ3) is 5.56. The van der Waals surface area contributed by atoms with Crippen LogP contribution in [0.3, 0.4) is 0 Å². The Kier molecular flexibility index (Phi) is 3.50. The van der Waals surface area contributed by atoms with Crippen molar-refractivity contribution in [3.05, 3.63) is 12.2 Å². The van der Waals surface area contributed by atoms with Crippen LogP contribution in [-0.2, 0) is 0 Å². The normalized spacial score (nSPS) is 9.86. The molecule has 0 aromatic carbocycles. The minimum atomic E-state index is 0.0778. The van der Waals surface area contributed by atoms with Crippen molar-refractivity contribution in [1.82, 2.24) is 0 Å². The molecule has 0 unspecified atom stereocenters. The molecular formula is C4H8N2S. The Morgan fingerprint density at radius 2 is 2.43 bits per heavy atom. The summed E-state index contributed by atoms with van der Waals surface area (Å²) in [4.78, 5) is 0. The topological polar surface area (TPSA) is 49.9 Å². The fourth-order valence-corrected chi connectivity index (χ4v) is 0.285. The van der Waals surface area contributed by atoms with Crippen molar-refractivity contribution in [2.24, 2.45) is 5.73 Å². The second-order valence-electron chi connectivity index (χ2n) is 1.04. The molecule has 0 spiro atoms. The molecular weight excluding hydrogens is 108 g/mol. The third-order valence-electron chi connectivity index (χ3n) is 0.403. The van der Waals surface area contributed by atoms with Gasteiger partial charge in [0.1, 0.15) is 5.84 Å². The highest BCUT2D eigenvalue weighted by Gasteiger charge is 1.70. The Bertz CT molecular complexity index is 87.7. The van der Waals surface area contributed by atoms with E-state index in [0.717, 1.165) is 0 Å². The Morgan fingerprint density at radius 3 is 2.57 bits per heavy atom. The van der Waals surface area contributed by atoms with Crippen LogP contribution in [0.2, 0.25) is 0 Å². The molecule has 3 heteroatoms. The molecule has 0 saturated heterocycles. The lowest BCUT2D eigenvalue weighted by Gasteiger charge is -1.78. The second kappa shape index (κ2) is 3.74. The molecule has 0 aromatic rings. The van der Waals surface area contributed by atoms with Crippen molar-refractivity contribution in [1.29, 1.82) is 5.41 Å². The van der Waals surface area contributed by atoms with Gasteiger partial charge in [-0.2, -0.15) is 12.6 Å². The van der Waals surface area contributed by atoms with Crippen LogP contribution in [0.5, 0.6) is 0 Å². The van der Waals surface area contributed by atoms with Crippen molar-refractivity contribution >= 4 is 18.5 Å². The molecule has 0 saturated carbocycles. The van der Waals surface area contributed by atoms with E-state index in [1.165, 1.54) is 6.08 Å². The van der Waals surface area contributed by atoms with Gasteiger partial charge in [0.05, 0.1) is 0 Å². The second-order valence-corrected chi connectivity index (χ2v) is 1.41.